The van der Waals surface area contributed by atoms with Crippen molar-refractivity contribution in [1.29, 1.82) is 0 Å². The molecular formula is C33H28N6O3. The first-order valence-electron chi connectivity index (χ1n) is 14.0. The molecule has 3 aromatic heterocycles. The van der Waals surface area contributed by atoms with Crippen LogP contribution in [0.5, 0.6) is 0 Å². The number of aromatic nitrogens is 4. The van der Waals surface area contributed by atoms with Crippen molar-refractivity contribution in [2.75, 3.05) is 18.8 Å². The average molecular weight is 557 g/mol. The highest BCUT2D eigenvalue weighted by Gasteiger charge is 2.38. The van der Waals surface area contributed by atoms with Crippen LogP contribution >= 0.6 is 0 Å². The van der Waals surface area contributed by atoms with E-state index in [9.17, 15) is 14.4 Å². The van der Waals surface area contributed by atoms with Crippen LogP contribution in [0.4, 0.5) is 5.82 Å². The van der Waals surface area contributed by atoms with E-state index < -0.39 is 5.92 Å². The van der Waals surface area contributed by atoms with Gasteiger partial charge in [-0.15, -0.1) is 0 Å². The van der Waals surface area contributed by atoms with E-state index in [4.69, 9.17) is 15.7 Å². The number of carbonyl (C=O) groups excluding carboxylic acids is 3. The first-order valence-corrected chi connectivity index (χ1v) is 14.0. The van der Waals surface area contributed by atoms with Crippen molar-refractivity contribution in [2.24, 2.45) is 5.92 Å². The Morgan fingerprint density at radius 1 is 0.833 bits per heavy atom. The Morgan fingerprint density at radius 3 is 2.29 bits per heavy atom. The van der Waals surface area contributed by atoms with Gasteiger partial charge in [0.25, 0.3) is 0 Å². The zero-order valence-corrected chi connectivity index (χ0v) is 22.8. The molecule has 0 atom stereocenters. The summed E-state index contributed by atoms with van der Waals surface area (Å²) in [5.41, 5.74) is 12.3. The van der Waals surface area contributed by atoms with Gasteiger partial charge in [-0.3, -0.25) is 19.0 Å². The Morgan fingerprint density at radius 2 is 1.57 bits per heavy atom. The van der Waals surface area contributed by atoms with E-state index in [1.54, 1.807) is 11.1 Å². The summed E-state index contributed by atoms with van der Waals surface area (Å²) < 4.78 is 2.01. The normalized spacial score (nSPS) is 16.1. The van der Waals surface area contributed by atoms with Gasteiger partial charge >= 0.3 is 0 Å². The predicted molar refractivity (Wildman–Crippen MR) is 159 cm³/mol. The molecule has 1 saturated heterocycles. The maximum Gasteiger partial charge on any atom is 0.226 e. The number of rotatable bonds is 5. The van der Waals surface area contributed by atoms with Crippen molar-refractivity contribution in [1.82, 2.24) is 24.4 Å². The number of nitrogens with two attached hydrogens (primary N) is 1. The second-order valence-electron chi connectivity index (χ2n) is 11.0. The van der Waals surface area contributed by atoms with Crippen LogP contribution in [0.2, 0.25) is 0 Å². The van der Waals surface area contributed by atoms with E-state index >= 15 is 0 Å². The first-order chi connectivity index (χ1) is 20.4. The standard InChI is InChI=1S/C33H28N6O3/c34-30-27(7-4-14-35-30)31-37-29-13-12-28(21-5-2-1-3-6-21)36-32(29)39(31)24-10-8-20(9-11-24)23-18-38(19-23)33(42)22-15-25(40)17-26(41)16-22/h1-14,22-23H,15-19H2,(H2,34,35). The van der Waals surface area contributed by atoms with E-state index in [0.29, 0.717) is 35.9 Å². The number of hydrogen-bond acceptors (Lipinski definition) is 7. The highest BCUT2D eigenvalue weighted by molar-refractivity contribution is 6.05. The van der Waals surface area contributed by atoms with Gasteiger partial charge in [0, 0.05) is 49.3 Å². The second-order valence-corrected chi connectivity index (χ2v) is 11.0. The third kappa shape index (κ3) is 4.62. The molecule has 2 aromatic carbocycles. The molecule has 0 unspecified atom stereocenters. The maximum absolute atomic E-state index is 12.9. The van der Waals surface area contributed by atoms with Crippen molar-refractivity contribution in [2.45, 2.75) is 25.2 Å². The van der Waals surface area contributed by atoms with E-state index in [1.165, 1.54) is 0 Å². The summed E-state index contributed by atoms with van der Waals surface area (Å²) in [6.45, 7) is 1.15. The van der Waals surface area contributed by atoms with E-state index in [2.05, 4.69) is 17.1 Å². The van der Waals surface area contributed by atoms with Gasteiger partial charge in [0.1, 0.15) is 22.9 Å². The molecule has 7 rings (SSSR count). The molecule has 9 nitrogen and oxygen atoms in total. The number of Topliss-reactive ketones (excluding diaryl/α,β-unsaturated/α-hetero) is 2. The molecule has 0 spiro atoms. The topological polar surface area (TPSA) is 124 Å². The van der Waals surface area contributed by atoms with Gasteiger partial charge in [-0.25, -0.2) is 15.0 Å². The molecule has 1 saturated carbocycles. The molecule has 0 radical (unpaired) electrons. The molecule has 208 valence electrons. The molecular weight excluding hydrogens is 528 g/mol. The van der Waals surface area contributed by atoms with Gasteiger partial charge in [-0.1, -0.05) is 42.5 Å². The lowest BCUT2D eigenvalue weighted by Crippen LogP contribution is -2.51. The molecule has 9 heteroatoms. The smallest absolute Gasteiger partial charge is 0.226 e. The van der Waals surface area contributed by atoms with Crippen molar-refractivity contribution >= 4 is 34.5 Å². The Kier molecular flexibility index (Phi) is 6.34. The Labute approximate surface area is 242 Å². The van der Waals surface area contributed by atoms with Crippen molar-refractivity contribution in [3.63, 3.8) is 0 Å². The molecule has 5 aromatic rings. The summed E-state index contributed by atoms with van der Waals surface area (Å²) in [4.78, 5) is 52.5. The lowest BCUT2D eigenvalue weighted by molar-refractivity contribution is -0.146. The molecule has 1 aliphatic heterocycles. The molecule has 1 aliphatic carbocycles. The molecule has 2 fully saturated rings. The number of benzene rings is 2. The number of carbonyl (C=O) groups is 3. The third-order valence-corrected chi connectivity index (χ3v) is 8.16. The zero-order valence-electron chi connectivity index (χ0n) is 22.8. The lowest BCUT2D eigenvalue weighted by Gasteiger charge is -2.41. The predicted octanol–water partition coefficient (Wildman–Crippen LogP) is 4.60. The van der Waals surface area contributed by atoms with Crippen LogP contribution in [-0.2, 0) is 14.4 Å². The number of nitrogens with zero attached hydrogens (tertiary/aromatic N) is 5. The third-order valence-electron chi connectivity index (χ3n) is 8.16. The summed E-state index contributed by atoms with van der Waals surface area (Å²) in [7, 11) is 0. The van der Waals surface area contributed by atoms with Gasteiger partial charge in [-0.2, -0.15) is 0 Å². The van der Waals surface area contributed by atoms with Gasteiger partial charge in [-0.05, 0) is 42.0 Å². The number of pyridine rings is 2. The van der Waals surface area contributed by atoms with Crippen molar-refractivity contribution in [3.8, 4) is 28.3 Å². The molecule has 1 amide bonds. The molecule has 4 heterocycles. The van der Waals surface area contributed by atoms with Crippen LogP contribution in [0, 0.1) is 5.92 Å². The second kappa shape index (κ2) is 10.3. The molecule has 0 bridgehead atoms. The van der Waals surface area contributed by atoms with Crippen molar-refractivity contribution < 1.29 is 14.4 Å². The number of imidazole rings is 1. The van der Waals surface area contributed by atoms with Crippen LogP contribution < -0.4 is 5.73 Å². The average Bonchev–Trinajstić information content (AvgIpc) is 3.35. The maximum atomic E-state index is 12.9. The van der Waals surface area contributed by atoms with Crippen LogP contribution in [0.25, 0.3) is 39.5 Å². The highest BCUT2D eigenvalue weighted by Crippen LogP contribution is 2.34. The van der Waals surface area contributed by atoms with Gasteiger partial charge < -0.3 is 10.6 Å². The SMILES string of the molecule is Nc1ncccc1-c1nc2ccc(-c3ccccc3)nc2n1-c1ccc(C2CN(C(=O)C3CC(=O)CC(=O)C3)C2)cc1. The number of amides is 1. The van der Waals surface area contributed by atoms with Crippen LogP contribution in [0.1, 0.15) is 30.7 Å². The van der Waals surface area contributed by atoms with E-state index in [0.717, 1.165) is 28.0 Å². The number of nitrogen functional groups attached to an aromatic ring is 1. The fourth-order valence-electron chi connectivity index (χ4n) is 5.94. The number of anilines is 1. The van der Waals surface area contributed by atoms with Gasteiger partial charge in [0.2, 0.25) is 5.91 Å². The van der Waals surface area contributed by atoms with E-state index in [1.807, 2.05) is 71.3 Å². The van der Waals surface area contributed by atoms with Crippen molar-refractivity contribution in [3.05, 3.63) is 90.6 Å². The minimum Gasteiger partial charge on any atom is -0.383 e. The monoisotopic (exact) mass is 556 g/mol. The summed E-state index contributed by atoms with van der Waals surface area (Å²) in [5, 5.41) is 0. The molecule has 2 N–H and O–H groups in total. The molecule has 2 aliphatic rings. The zero-order chi connectivity index (χ0) is 28.8. The molecule has 42 heavy (non-hydrogen) atoms. The minimum atomic E-state index is -0.511. The summed E-state index contributed by atoms with van der Waals surface area (Å²) in [6.07, 6.45) is 1.96. The summed E-state index contributed by atoms with van der Waals surface area (Å²) in [5.74, 6) is 0.349. The number of hydrogen-bond donors (Lipinski definition) is 1. The number of fused-ring (bicyclic) bond motifs is 1. The van der Waals surface area contributed by atoms with E-state index in [-0.39, 0.29) is 42.7 Å². The number of likely N-dealkylation sites (tertiary alicyclic amines) is 1. The van der Waals surface area contributed by atoms with Crippen LogP contribution in [0.15, 0.2) is 85.1 Å². The number of ketones is 2. The fraction of sp³-hybridized carbons (Fsp3) is 0.212. The minimum absolute atomic E-state index is 0.0386. The Hall–Kier alpha value is -5.18. The Bertz CT molecular complexity index is 1830. The lowest BCUT2D eigenvalue weighted by atomic mass is 9.84. The largest absolute Gasteiger partial charge is 0.383 e. The van der Waals surface area contributed by atoms with Crippen LogP contribution in [-0.4, -0.2) is 55.0 Å². The first kappa shape index (κ1) is 25.8. The summed E-state index contributed by atoms with van der Waals surface area (Å²) >= 11 is 0. The highest BCUT2D eigenvalue weighted by atomic mass is 16.2. The van der Waals surface area contributed by atoms with Crippen LogP contribution in [0.3, 0.4) is 0 Å². The summed E-state index contributed by atoms with van der Waals surface area (Å²) in [6, 6.07) is 25.9. The van der Waals surface area contributed by atoms with Gasteiger partial charge in [0.05, 0.1) is 23.6 Å². The quantitative estimate of drug-likeness (QED) is 0.314. The fourth-order valence-corrected chi connectivity index (χ4v) is 5.94. The Balaban J connectivity index is 1.19. The van der Waals surface area contributed by atoms with Gasteiger partial charge in [0.15, 0.2) is 11.5 Å².